The van der Waals surface area contributed by atoms with E-state index >= 15 is 0 Å². The first-order valence-corrected chi connectivity index (χ1v) is 7.82. The third kappa shape index (κ3) is 2.97. The number of hydrazone groups is 1. The number of rotatable bonds is 4. The highest BCUT2D eigenvalue weighted by molar-refractivity contribution is 7.86. The maximum Gasteiger partial charge on any atom is 0.271 e. The molecule has 114 valence electrons. The van der Waals surface area contributed by atoms with Crippen LogP contribution in [-0.4, -0.2) is 41.0 Å². The van der Waals surface area contributed by atoms with Crippen LogP contribution in [-0.2, 0) is 14.9 Å². The highest BCUT2D eigenvalue weighted by Crippen LogP contribution is 2.29. The van der Waals surface area contributed by atoms with Crippen LogP contribution in [0.4, 0.5) is 5.69 Å². The van der Waals surface area contributed by atoms with E-state index in [-0.39, 0.29) is 5.71 Å². The van der Waals surface area contributed by atoms with Crippen molar-refractivity contribution in [2.75, 3.05) is 5.01 Å². The fraction of sp³-hybridized carbons (Fsp3) is 0.385. The van der Waals surface area contributed by atoms with Gasteiger partial charge in [0.1, 0.15) is 11.2 Å². The first kappa shape index (κ1) is 15.6. The summed E-state index contributed by atoms with van der Waals surface area (Å²) < 4.78 is 32.2. The lowest BCUT2D eigenvalue weighted by atomic mass is 9.97. The Kier molecular flexibility index (Phi) is 4.13. The summed E-state index contributed by atoms with van der Waals surface area (Å²) in [6, 6.07) is 8.52. The van der Waals surface area contributed by atoms with E-state index < -0.39 is 33.3 Å². The Labute approximate surface area is 122 Å². The maximum absolute atomic E-state index is 12.4. The van der Waals surface area contributed by atoms with Crippen LogP contribution >= 0.6 is 0 Å². The first-order valence-electron chi connectivity index (χ1n) is 6.32. The van der Waals surface area contributed by atoms with Crippen molar-refractivity contribution in [1.82, 2.24) is 0 Å². The molecule has 0 spiro atoms. The molecule has 0 fully saturated rings. The Morgan fingerprint density at radius 3 is 2.33 bits per heavy atom. The van der Waals surface area contributed by atoms with Gasteiger partial charge in [0.15, 0.2) is 0 Å². The van der Waals surface area contributed by atoms with Gasteiger partial charge in [0.2, 0.25) is 0 Å². The van der Waals surface area contributed by atoms with E-state index in [1.54, 1.807) is 30.3 Å². The van der Waals surface area contributed by atoms with E-state index in [2.05, 4.69) is 5.10 Å². The molecule has 1 aromatic carbocycles. The minimum Gasteiger partial charge on any atom is -0.392 e. The van der Waals surface area contributed by atoms with Crippen molar-refractivity contribution in [3.05, 3.63) is 30.3 Å². The Morgan fingerprint density at radius 1 is 1.29 bits per heavy atom. The van der Waals surface area contributed by atoms with Gasteiger partial charge >= 0.3 is 0 Å². The Balaban J connectivity index is 2.41. The molecule has 1 aromatic rings. The zero-order valence-electron chi connectivity index (χ0n) is 11.5. The molecule has 3 atom stereocenters. The molecule has 2 N–H and O–H groups in total. The third-order valence-electron chi connectivity index (χ3n) is 3.33. The van der Waals surface area contributed by atoms with Crippen LogP contribution in [0.5, 0.6) is 0 Å². The van der Waals surface area contributed by atoms with Crippen LogP contribution in [0.2, 0.25) is 0 Å². The number of benzene rings is 1. The monoisotopic (exact) mass is 312 g/mol. The number of aliphatic hydroxyl groups excluding tert-OH is 1. The van der Waals surface area contributed by atoms with E-state index in [1.807, 2.05) is 0 Å². The lowest BCUT2D eigenvalue weighted by molar-refractivity contribution is -0.120. The molecule has 0 saturated carbocycles. The summed E-state index contributed by atoms with van der Waals surface area (Å²) in [6.07, 6.45) is -1.41. The minimum absolute atomic E-state index is 0.229. The number of para-hydroxylation sites is 1. The van der Waals surface area contributed by atoms with Crippen molar-refractivity contribution >= 4 is 27.4 Å². The fourth-order valence-corrected chi connectivity index (χ4v) is 3.57. The second-order valence-electron chi connectivity index (χ2n) is 4.92. The van der Waals surface area contributed by atoms with Gasteiger partial charge in [-0.15, -0.1) is 0 Å². The molecule has 0 saturated heterocycles. The van der Waals surface area contributed by atoms with Crippen LogP contribution in [0.1, 0.15) is 13.8 Å². The van der Waals surface area contributed by atoms with Crippen LogP contribution in [0.3, 0.4) is 0 Å². The summed E-state index contributed by atoms with van der Waals surface area (Å²) >= 11 is 0. The van der Waals surface area contributed by atoms with Crippen LogP contribution in [0.15, 0.2) is 35.4 Å². The summed E-state index contributed by atoms with van der Waals surface area (Å²) in [7, 11) is -4.60. The highest BCUT2D eigenvalue weighted by atomic mass is 32.2. The number of hydrogen-bond acceptors (Lipinski definition) is 5. The van der Waals surface area contributed by atoms with Crippen LogP contribution in [0.25, 0.3) is 0 Å². The third-order valence-corrected chi connectivity index (χ3v) is 4.69. The Morgan fingerprint density at radius 2 is 1.86 bits per heavy atom. The SMILES string of the molecule is CC1=NN(c2ccccc2)C(=O)C1[C@@H]([C@H](C)O)S(=O)(=O)O. The molecule has 0 radical (unpaired) electrons. The quantitative estimate of drug-likeness (QED) is 0.794. The second-order valence-corrected chi connectivity index (χ2v) is 6.50. The van der Waals surface area contributed by atoms with Crippen molar-refractivity contribution in [2.45, 2.75) is 25.2 Å². The van der Waals surface area contributed by atoms with Crippen molar-refractivity contribution in [2.24, 2.45) is 11.0 Å². The Bertz CT molecular complexity index is 669. The zero-order valence-corrected chi connectivity index (χ0v) is 12.4. The summed E-state index contributed by atoms with van der Waals surface area (Å²) in [5, 5.41) is 13.1. The second kappa shape index (κ2) is 5.55. The largest absolute Gasteiger partial charge is 0.392 e. The van der Waals surface area contributed by atoms with Gasteiger partial charge in [-0.3, -0.25) is 9.35 Å². The zero-order chi connectivity index (χ0) is 15.8. The number of aliphatic hydroxyl groups is 1. The van der Waals surface area contributed by atoms with E-state index in [0.717, 1.165) is 5.01 Å². The number of anilines is 1. The van der Waals surface area contributed by atoms with E-state index in [0.29, 0.717) is 5.69 Å². The maximum atomic E-state index is 12.4. The lowest BCUT2D eigenvalue weighted by Crippen LogP contribution is -2.45. The molecule has 0 aromatic heterocycles. The van der Waals surface area contributed by atoms with Gasteiger partial charge < -0.3 is 5.11 Å². The van der Waals surface area contributed by atoms with Crippen molar-refractivity contribution in [3.8, 4) is 0 Å². The molecule has 21 heavy (non-hydrogen) atoms. The van der Waals surface area contributed by atoms with Crippen molar-refractivity contribution < 1.29 is 22.9 Å². The van der Waals surface area contributed by atoms with Gasteiger partial charge in [-0.2, -0.15) is 13.5 Å². The molecule has 1 unspecified atom stereocenters. The Hall–Kier alpha value is -1.77. The highest BCUT2D eigenvalue weighted by Gasteiger charge is 2.47. The van der Waals surface area contributed by atoms with Crippen LogP contribution in [0, 0.1) is 5.92 Å². The molecule has 0 aliphatic carbocycles. The molecule has 1 heterocycles. The average Bonchev–Trinajstić information content (AvgIpc) is 2.66. The van der Waals surface area contributed by atoms with Gasteiger partial charge in [-0.1, -0.05) is 18.2 Å². The van der Waals surface area contributed by atoms with E-state index in [9.17, 15) is 22.9 Å². The predicted octanol–water partition coefficient (Wildman–Crippen LogP) is 0.663. The number of carbonyl (C=O) groups is 1. The summed E-state index contributed by atoms with van der Waals surface area (Å²) in [5.74, 6) is -1.80. The molecule has 8 heteroatoms. The van der Waals surface area contributed by atoms with Gasteiger partial charge in [-0.05, 0) is 26.0 Å². The number of hydrogen-bond donors (Lipinski definition) is 2. The molecular formula is C13H16N2O5S. The van der Waals surface area contributed by atoms with Gasteiger partial charge in [0, 0.05) is 5.71 Å². The molecule has 1 amide bonds. The molecule has 2 rings (SSSR count). The number of amides is 1. The number of nitrogens with zero attached hydrogens (tertiary/aromatic N) is 2. The number of carbonyl (C=O) groups excluding carboxylic acids is 1. The summed E-state index contributed by atoms with van der Waals surface area (Å²) in [5.41, 5.74) is 0.719. The molecule has 1 aliphatic rings. The first-order chi connectivity index (χ1) is 9.73. The van der Waals surface area contributed by atoms with Crippen LogP contribution < -0.4 is 5.01 Å². The van der Waals surface area contributed by atoms with Gasteiger partial charge in [-0.25, -0.2) is 5.01 Å². The normalized spacial score (nSPS) is 22.1. The summed E-state index contributed by atoms with van der Waals surface area (Å²) in [6.45, 7) is 2.70. The van der Waals surface area contributed by atoms with Gasteiger partial charge in [0.25, 0.3) is 16.0 Å². The molecule has 7 nitrogen and oxygen atoms in total. The van der Waals surface area contributed by atoms with Gasteiger partial charge in [0.05, 0.1) is 11.8 Å². The van der Waals surface area contributed by atoms with E-state index in [1.165, 1.54) is 13.8 Å². The predicted molar refractivity (Wildman–Crippen MR) is 77.5 cm³/mol. The van der Waals surface area contributed by atoms with Crippen molar-refractivity contribution in [3.63, 3.8) is 0 Å². The smallest absolute Gasteiger partial charge is 0.271 e. The topological polar surface area (TPSA) is 107 Å². The molecule has 0 bridgehead atoms. The van der Waals surface area contributed by atoms with Crippen molar-refractivity contribution in [1.29, 1.82) is 0 Å². The molecule has 1 aliphatic heterocycles. The van der Waals surface area contributed by atoms with E-state index in [4.69, 9.17) is 0 Å². The standard InChI is InChI=1S/C13H16N2O5S/c1-8-11(12(9(2)16)21(18,19)20)13(17)15(14-8)10-6-4-3-5-7-10/h3-7,9,11-12,16H,1-2H3,(H,18,19,20)/t9-,11?,12+/m0/s1. The minimum atomic E-state index is -4.60. The summed E-state index contributed by atoms with van der Waals surface area (Å²) in [4.78, 5) is 12.4. The molecular weight excluding hydrogens is 296 g/mol. The average molecular weight is 312 g/mol. The lowest BCUT2D eigenvalue weighted by Gasteiger charge is -2.22. The fourth-order valence-electron chi connectivity index (χ4n) is 2.41.